The fourth-order valence-corrected chi connectivity index (χ4v) is 3.59. The van der Waals surface area contributed by atoms with Crippen molar-refractivity contribution in [1.82, 2.24) is 10.2 Å². The molecule has 3 rings (SSSR count). The van der Waals surface area contributed by atoms with E-state index in [9.17, 15) is 19.5 Å². The molecule has 7 heteroatoms. The zero-order chi connectivity index (χ0) is 20.8. The average Bonchev–Trinajstić information content (AvgIpc) is 3.19. The van der Waals surface area contributed by atoms with Gasteiger partial charge in [0.15, 0.2) is 0 Å². The normalized spacial score (nSPS) is 18.3. The molecule has 152 valence electrons. The van der Waals surface area contributed by atoms with E-state index in [2.05, 4.69) is 5.32 Å². The van der Waals surface area contributed by atoms with E-state index in [0.717, 1.165) is 5.56 Å². The van der Waals surface area contributed by atoms with E-state index in [1.807, 2.05) is 37.3 Å². The number of carboxylic acid groups (broad SMARTS) is 1. The molecule has 0 bridgehead atoms. The van der Waals surface area contributed by atoms with Gasteiger partial charge in [0.2, 0.25) is 5.91 Å². The summed E-state index contributed by atoms with van der Waals surface area (Å²) in [6, 6.07) is 16.2. The SMILES string of the molecule is CCOc1ccccc1C(=O)NCC(=O)N1CC(C(=O)O)C(c2ccccc2)C1. The number of para-hydroxylation sites is 1. The van der Waals surface area contributed by atoms with Gasteiger partial charge in [-0.3, -0.25) is 14.4 Å². The first kappa shape index (κ1) is 20.4. The summed E-state index contributed by atoms with van der Waals surface area (Å²) >= 11 is 0. The minimum atomic E-state index is -0.927. The molecular formula is C22H24N2O5. The Morgan fingerprint density at radius 2 is 1.76 bits per heavy atom. The van der Waals surface area contributed by atoms with Crippen LogP contribution >= 0.6 is 0 Å². The third-order valence-electron chi connectivity index (χ3n) is 5.05. The quantitative estimate of drug-likeness (QED) is 0.748. The van der Waals surface area contributed by atoms with Crippen molar-refractivity contribution >= 4 is 17.8 Å². The maximum Gasteiger partial charge on any atom is 0.308 e. The zero-order valence-corrected chi connectivity index (χ0v) is 16.2. The molecule has 0 aliphatic carbocycles. The van der Waals surface area contributed by atoms with E-state index < -0.39 is 17.8 Å². The molecule has 2 unspecified atom stereocenters. The number of nitrogens with one attached hydrogen (secondary N) is 1. The molecule has 1 fully saturated rings. The lowest BCUT2D eigenvalue weighted by Gasteiger charge is -2.17. The number of hydrogen-bond acceptors (Lipinski definition) is 4. The molecule has 2 atom stereocenters. The average molecular weight is 396 g/mol. The number of aliphatic carboxylic acids is 1. The highest BCUT2D eigenvalue weighted by Gasteiger charge is 2.40. The third-order valence-corrected chi connectivity index (χ3v) is 5.05. The van der Waals surface area contributed by atoms with Crippen LogP contribution in [0.25, 0.3) is 0 Å². The van der Waals surface area contributed by atoms with Gasteiger partial charge in [0.05, 0.1) is 24.6 Å². The Kier molecular flexibility index (Phi) is 6.49. The molecule has 1 aliphatic heterocycles. The van der Waals surface area contributed by atoms with Gasteiger partial charge in [-0.05, 0) is 24.6 Å². The predicted octanol–water partition coefficient (Wildman–Crippen LogP) is 2.14. The van der Waals surface area contributed by atoms with Gasteiger partial charge < -0.3 is 20.1 Å². The second-order valence-corrected chi connectivity index (χ2v) is 6.87. The Labute approximate surface area is 169 Å². The number of hydrogen-bond donors (Lipinski definition) is 2. The minimum Gasteiger partial charge on any atom is -0.493 e. The number of nitrogens with zero attached hydrogens (tertiary/aromatic N) is 1. The Morgan fingerprint density at radius 3 is 2.45 bits per heavy atom. The van der Waals surface area contributed by atoms with Gasteiger partial charge in [0.25, 0.3) is 5.91 Å². The van der Waals surface area contributed by atoms with Crippen molar-refractivity contribution in [3.8, 4) is 5.75 Å². The molecule has 0 spiro atoms. The van der Waals surface area contributed by atoms with Crippen molar-refractivity contribution in [3.63, 3.8) is 0 Å². The summed E-state index contributed by atoms with van der Waals surface area (Å²) in [5, 5.41) is 12.2. The molecule has 1 heterocycles. The van der Waals surface area contributed by atoms with Crippen molar-refractivity contribution in [1.29, 1.82) is 0 Å². The fraction of sp³-hybridized carbons (Fsp3) is 0.318. The monoisotopic (exact) mass is 396 g/mol. The van der Waals surface area contributed by atoms with Crippen LogP contribution < -0.4 is 10.1 Å². The smallest absolute Gasteiger partial charge is 0.308 e. The molecule has 1 aliphatic rings. The van der Waals surface area contributed by atoms with E-state index in [0.29, 0.717) is 24.5 Å². The molecule has 2 amide bonds. The van der Waals surface area contributed by atoms with Gasteiger partial charge in [-0.2, -0.15) is 0 Å². The lowest BCUT2D eigenvalue weighted by Crippen LogP contribution is -2.39. The fourth-order valence-electron chi connectivity index (χ4n) is 3.59. The Bertz CT molecular complexity index is 884. The molecule has 0 radical (unpaired) electrons. The van der Waals surface area contributed by atoms with Gasteiger partial charge in [0.1, 0.15) is 5.75 Å². The van der Waals surface area contributed by atoms with Gasteiger partial charge in [-0.15, -0.1) is 0 Å². The Balaban J connectivity index is 1.64. The molecule has 0 aromatic heterocycles. The second-order valence-electron chi connectivity index (χ2n) is 6.87. The lowest BCUT2D eigenvalue weighted by atomic mass is 9.89. The van der Waals surface area contributed by atoms with Crippen molar-refractivity contribution in [3.05, 3.63) is 65.7 Å². The number of carbonyl (C=O) groups is 3. The number of amides is 2. The number of ether oxygens (including phenoxy) is 1. The van der Waals surface area contributed by atoms with Crippen LogP contribution in [-0.2, 0) is 9.59 Å². The van der Waals surface area contributed by atoms with Crippen LogP contribution in [0.4, 0.5) is 0 Å². The van der Waals surface area contributed by atoms with Crippen LogP contribution in [-0.4, -0.2) is 54.0 Å². The van der Waals surface area contributed by atoms with Crippen LogP contribution in [0.15, 0.2) is 54.6 Å². The molecule has 29 heavy (non-hydrogen) atoms. The highest BCUT2D eigenvalue weighted by Crippen LogP contribution is 2.32. The number of carbonyl (C=O) groups excluding carboxylic acids is 2. The maximum atomic E-state index is 12.6. The van der Waals surface area contributed by atoms with Crippen molar-refractivity contribution in [2.24, 2.45) is 5.92 Å². The van der Waals surface area contributed by atoms with Gasteiger partial charge >= 0.3 is 5.97 Å². The van der Waals surface area contributed by atoms with Crippen LogP contribution in [0.5, 0.6) is 5.75 Å². The topological polar surface area (TPSA) is 95.9 Å². The van der Waals surface area contributed by atoms with Crippen molar-refractivity contribution in [2.45, 2.75) is 12.8 Å². The van der Waals surface area contributed by atoms with E-state index in [1.54, 1.807) is 24.3 Å². The molecule has 7 nitrogen and oxygen atoms in total. The Morgan fingerprint density at radius 1 is 1.07 bits per heavy atom. The second kappa shape index (κ2) is 9.23. The summed E-state index contributed by atoms with van der Waals surface area (Å²) in [6.45, 7) is 2.49. The van der Waals surface area contributed by atoms with E-state index in [-0.39, 0.29) is 24.9 Å². The van der Waals surface area contributed by atoms with Gasteiger partial charge in [0, 0.05) is 19.0 Å². The molecule has 2 N–H and O–H groups in total. The highest BCUT2D eigenvalue weighted by molar-refractivity contribution is 5.98. The highest BCUT2D eigenvalue weighted by atomic mass is 16.5. The van der Waals surface area contributed by atoms with Crippen LogP contribution in [0.3, 0.4) is 0 Å². The summed E-state index contributed by atoms with van der Waals surface area (Å²) in [5.74, 6) is -2.13. The number of likely N-dealkylation sites (tertiary alicyclic amines) is 1. The molecular weight excluding hydrogens is 372 g/mol. The summed E-state index contributed by atoms with van der Waals surface area (Å²) in [4.78, 5) is 38.3. The molecule has 2 aromatic carbocycles. The summed E-state index contributed by atoms with van der Waals surface area (Å²) < 4.78 is 5.45. The van der Waals surface area contributed by atoms with Crippen molar-refractivity contribution < 1.29 is 24.2 Å². The number of rotatable bonds is 7. The molecule has 1 saturated heterocycles. The minimum absolute atomic E-state index is 0.124. The molecule has 2 aromatic rings. The summed E-state index contributed by atoms with van der Waals surface area (Å²) in [7, 11) is 0. The number of benzene rings is 2. The predicted molar refractivity (Wildman–Crippen MR) is 107 cm³/mol. The summed E-state index contributed by atoms with van der Waals surface area (Å²) in [6.07, 6.45) is 0. The van der Waals surface area contributed by atoms with E-state index >= 15 is 0 Å². The molecule has 0 saturated carbocycles. The first-order valence-electron chi connectivity index (χ1n) is 9.56. The summed E-state index contributed by atoms with van der Waals surface area (Å²) in [5.41, 5.74) is 1.25. The van der Waals surface area contributed by atoms with Gasteiger partial charge in [-0.25, -0.2) is 0 Å². The Hall–Kier alpha value is -3.35. The zero-order valence-electron chi connectivity index (χ0n) is 16.2. The largest absolute Gasteiger partial charge is 0.493 e. The first-order chi connectivity index (χ1) is 14.0. The van der Waals surface area contributed by atoms with E-state index in [4.69, 9.17) is 4.74 Å². The van der Waals surface area contributed by atoms with E-state index in [1.165, 1.54) is 4.90 Å². The van der Waals surface area contributed by atoms with Crippen molar-refractivity contribution in [2.75, 3.05) is 26.2 Å². The third kappa shape index (κ3) is 4.74. The maximum absolute atomic E-state index is 12.6. The number of carboxylic acids is 1. The first-order valence-corrected chi connectivity index (χ1v) is 9.56. The lowest BCUT2D eigenvalue weighted by molar-refractivity contribution is -0.141. The van der Waals surface area contributed by atoms with Gasteiger partial charge in [-0.1, -0.05) is 42.5 Å². The van der Waals surface area contributed by atoms with Crippen LogP contribution in [0.2, 0.25) is 0 Å². The van der Waals surface area contributed by atoms with Crippen LogP contribution in [0, 0.1) is 5.92 Å². The van der Waals surface area contributed by atoms with Crippen LogP contribution in [0.1, 0.15) is 28.8 Å². The standard InChI is InChI=1S/C22H24N2O5/c1-2-29-19-11-7-6-10-16(19)21(26)23-12-20(25)24-13-17(18(14-24)22(27)28)15-8-4-3-5-9-15/h3-11,17-18H,2,12-14H2,1H3,(H,23,26)(H,27,28).